The Morgan fingerprint density at radius 2 is 1.66 bits per heavy atom. The van der Waals surface area contributed by atoms with Gasteiger partial charge < -0.3 is 14.8 Å². The predicted molar refractivity (Wildman–Crippen MR) is 142 cm³/mol. The number of nitrogens with zero attached hydrogens (tertiary/aromatic N) is 3. The van der Waals surface area contributed by atoms with Crippen molar-refractivity contribution < 1.29 is 27.5 Å². The molecular weight excluding hydrogens is 508 g/mol. The highest BCUT2D eigenvalue weighted by Crippen LogP contribution is 2.33. The molecule has 1 unspecified atom stereocenters. The third kappa shape index (κ3) is 5.69. The van der Waals surface area contributed by atoms with Gasteiger partial charge in [0.05, 0.1) is 30.2 Å². The summed E-state index contributed by atoms with van der Waals surface area (Å²) < 4.78 is 38.3. The molecule has 0 spiro atoms. The van der Waals surface area contributed by atoms with Gasteiger partial charge in [-0.2, -0.15) is 4.31 Å². The van der Waals surface area contributed by atoms with Crippen LogP contribution in [0.3, 0.4) is 0 Å². The summed E-state index contributed by atoms with van der Waals surface area (Å²) >= 11 is 0. The molecule has 2 aromatic carbocycles. The molecule has 0 bridgehead atoms. The normalized spacial score (nSPS) is 19.3. The molecule has 4 rings (SSSR count). The number of sulfonamides is 1. The van der Waals surface area contributed by atoms with Crippen molar-refractivity contribution >= 4 is 22.0 Å². The molecule has 38 heavy (non-hydrogen) atoms. The lowest BCUT2D eigenvalue weighted by atomic mass is 9.94. The first-order valence-corrected chi connectivity index (χ1v) is 14.1. The molecular formula is C27H34N4O6S. The number of hydrogen-bond acceptors (Lipinski definition) is 7. The van der Waals surface area contributed by atoms with Crippen molar-refractivity contribution in [2.75, 3.05) is 53.0 Å². The standard InChI is InChI=1S/C27H34N4O6S/c1-4-31-23(19-29-15-17-30(18-16-29)38(34,35)22-9-7-6-8-10-22)24(26(32)37-5-2)25(28-27(31)33)20-11-13-21(36-3)14-12-20/h6-14,25H,4-5,15-19H2,1-3H3,(H,28,33). The second kappa shape index (κ2) is 12.0. The summed E-state index contributed by atoms with van der Waals surface area (Å²) in [7, 11) is -2.02. The molecule has 0 saturated carbocycles. The highest BCUT2D eigenvalue weighted by molar-refractivity contribution is 7.89. The first-order valence-electron chi connectivity index (χ1n) is 12.7. The summed E-state index contributed by atoms with van der Waals surface area (Å²) in [4.78, 5) is 30.3. The minimum absolute atomic E-state index is 0.195. The van der Waals surface area contributed by atoms with Gasteiger partial charge in [0.25, 0.3) is 0 Å². The maximum atomic E-state index is 13.3. The van der Waals surface area contributed by atoms with Crippen molar-refractivity contribution in [3.05, 3.63) is 71.4 Å². The molecule has 1 saturated heterocycles. The Hall–Kier alpha value is -3.41. The van der Waals surface area contributed by atoms with E-state index < -0.39 is 22.0 Å². The fourth-order valence-corrected chi connectivity index (χ4v) is 6.23. The zero-order chi connectivity index (χ0) is 27.3. The largest absolute Gasteiger partial charge is 0.497 e. The SMILES string of the molecule is CCOC(=O)C1=C(CN2CCN(S(=O)(=O)c3ccccc3)CC2)N(CC)C(=O)NC1c1ccc(OC)cc1. The van der Waals surface area contributed by atoms with Crippen LogP contribution in [0.5, 0.6) is 5.75 Å². The molecule has 10 nitrogen and oxygen atoms in total. The number of benzene rings is 2. The fraction of sp³-hybridized carbons (Fsp3) is 0.407. The van der Waals surface area contributed by atoms with Gasteiger partial charge in [-0.05, 0) is 43.7 Å². The van der Waals surface area contributed by atoms with Gasteiger partial charge in [-0.3, -0.25) is 9.80 Å². The fourth-order valence-electron chi connectivity index (χ4n) is 4.79. The Bertz CT molecular complexity index is 1270. The zero-order valence-electron chi connectivity index (χ0n) is 21.9. The zero-order valence-corrected chi connectivity index (χ0v) is 22.7. The molecule has 2 aliphatic heterocycles. The first-order chi connectivity index (χ1) is 18.3. The predicted octanol–water partition coefficient (Wildman–Crippen LogP) is 2.61. The summed E-state index contributed by atoms with van der Waals surface area (Å²) in [6.07, 6.45) is 0. The molecule has 0 radical (unpaired) electrons. The molecule has 2 amide bonds. The van der Waals surface area contributed by atoms with Crippen LogP contribution in [0.25, 0.3) is 0 Å². The van der Waals surface area contributed by atoms with E-state index in [2.05, 4.69) is 10.2 Å². The number of methoxy groups -OCH3 is 1. The summed E-state index contributed by atoms with van der Waals surface area (Å²) in [6, 6.07) is 14.6. The van der Waals surface area contributed by atoms with Gasteiger partial charge in [0.1, 0.15) is 5.75 Å². The van der Waals surface area contributed by atoms with Crippen LogP contribution in [-0.2, 0) is 19.6 Å². The Morgan fingerprint density at radius 1 is 1.00 bits per heavy atom. The van der Waals surface area contributed by atoms with E-state index in [4.69, 9.17) is 9.47 Å². The molecule has 11 heteroatoms. The van der Waals surface area contributed by atoms with Crippen LogP contribution in [0.1, 0.15) is 25.5 Å². The quantitative estimate of drug-likeness (QED) is 0.485. The third-order valence-electron chi connectivity index (χ3n) is 6.78. The van der Waals surface area contributed by atoms with E-state index in [1.165, 1.54) is 4.31 Å². The number of likely N-dealkylation sites (N-methyl/N-ethyl adjacent to an activating group) is 1. The van der Waals surface area contributed by atoms with Crippen LogP contribution in [0.4, 0.5) is 4.79 Å². The van der Waals surface area contributed by atoms with Crippen molar-refractivity contribution in [1.82, 2.24) is 19.4 Å². The Labute approximate surface area is 223 Å². The van der Waals surface area contributed by atoms with E-state index >= 15 is 0 Å². The maximum absolute atomic E-state index is 13.3. The highest BCUT2D eigenvalue weighted by Gasteiger charge is 2.39. The number of rotatable bonds is 9. The van der Waals surface area contributed by atoms with Crippen molar-refractivity contribution in [3.8, 4) is 5.75 Å². The van der Waals surface area contributed by atoms with Crippen LogP contribution in [0, 0.1) is 0 Å². The topological polar surface area (TPSA) is 108 Å². The lowest BCUT2D eigenvalue weighted by Gasteiger charge is -2.40. The number of urea groups is 1. The van der Waals surface area contributed by atoms with Gasteiger partial charge in [-0.1, -0.05) is 30.3 Å². The van der Waals surface area contributed by atoms with Crippen LogP contribution in [0.2, 0.25) is 0 Å². The molecule has 1 N–H and O–H groups in total. The van der Waals surface area contributed by atoms with Crippen LogP contribution in [-0.4, -0.2) is 87.5 Å². The average molecular weight is 543 g/mol. The number of amides is 2. The van der Waals surface area contributed by atoms with E-state index in [1.54, 1.807) is 61.4 Å². The Morgan fingerprint density at radius 3 is 2.24 bits per heavy atom. The van der Waals surface area contributed by atoms with Gasteiger partial charge in [0.2, 0.25) is 10.0 Å². The molecule has 0 aromatic heterocycles. The number of carbonyl (C=O) groups excluding carboxylic acids is 2. The lowest BCUT2D eigenvalue weighted by molar-refractivity contribution is -0.139. The Balaban J connectivity index is 1.62. The number of piperazine rings is 1. The van der Waals surface area contributed by atoms with Crippen molar-refractivity contribution in [3.63, 3.8) is 0 Å². The first kappa shape index (κ1) is 27.6. The van der Waals surface area contributed by atoms with Gasteiger partial charge >= 0.3 is 12.0 Å². The summed E-state index contributed by atoms with van der Waals surface area (Å²) in [6.45, 7) is 5.98. The maximum Gasteiger partial charge on any atom is 0.338 e. The molecule has 1 fully saturated rings. The highest BCUT2D eigenvalue weighted by atomic mass is 32.2. The van der Waals surface area contributed by atoms with Gasteiger partial charge in [0, 0.05) is 45.0 Å². The third-order valence-corrected chi connectivity index (χ3v) is 8.70. The number of esters is 1. The van der Waals surface area contributed by atoms with E-state index in [-0.39, 0.29) is 17.5 Å². The van der Waals surface area contributed by atoms with Crippen LogP contribution < -0.4 is 10.1 Å². The van der Waals surface area contributed by atoms with Gasteiger partial charge in [0.15, 0.2) is 0 Å². The summed E-state index contributed by atoms with van der Waals surface area (Å²) in [5.74, 6) is 0.170. The second-order valence-corrected chi connectivity index (χ2v) is 10.9. The second-order valence-electron chi connectivity index (χ2n) is 8.97. The molecule has 2 aromatic rings. The molecule has 0 aliphatic carbocycles. The van der Waals surface area contributed by atoms with Crippen molar-refractivity contribution in [2.24, 2.45) is 0 Å². The minimum atomic E-state index is -3.59. The monoisotopic (exact) mass is 542 g/mol. The van der Waals surface area contributed by atoms with Gasteiger partial charge in [-0.25, -0.2) is 18.0 Å². The lowest BCUT2D eigenvalue weighted by Crippen LogP contribution is -2.53. The number of hydrogen-bond donors (Lipinski definition) is 1. The van der Waals surface area contributed by atoms with Crippen LogP contribution in [0.15, 0.2) is 70.8 Å². The van der Waals surface area contributed by atoms with Gasteiger partial charge in [-0.15, -0.1) is 0 Å². The average Bonchev–Trinajstić information content (AvgIpc) is 2.94. The van der Waals surface area contributed by atoms with Crippen LogP contribution >= 0.6 is 0 Å². The summed E-state index contributed by atoms with van der Waals surface area (Å²) in [5, 5.41) is 2.95. The number of carbonyl (C=O) groups is 2. The van der Waals surface area contributed by atoms with E-state index in [0.717, 1.165) is 5.56 Å². The number of ether oxygens (including phenoxy) is 2. The molecule has 2 heterocycles. The van der Waals surface area contributed by atoms with E-state index in [1.807, 2.05) is 19.1 Å². The van der Waals surface area contributed by atoms with Crippen molar-refractivity contribution in [1.29, 1.82) is 0 Å². The molecule has 1 atom stereocenters. The number of nitrogens with one attached hydrogen (secondary N) is 1. The summed E-state index contributed by atoms with van der Waals surface area (Å²) in [5.41, 5.74) is 1.67. The Kier molecular flexibility index (Phi) is 8.70. The smallest absolute Gasteiger partial charge is 0.338 e. The van der Waals surface area contributed by atoms with E-state index in [0.29, 0.717) is 56.3 Å². The minimum Gasteiger partial charge on any atom is -0.497 e. The molecule has 204 valence electrons. The van der Waals surface area contributed by atoms with Crippen molar-refractivity contribution in [2.45, 2.75) is 24.8 Å². The van der Waals surface area contributed by atoms with E-state index in [9.17, 15) is 18.0 Å². The molecule has 2 aliphatic rings.